The number of ether oxygens (including phenoxy) is 1. The SMILES string of the molecule is CCn1cc(COc2cccc(F)c2)nc1C(=O)O. The first-order chi connectivity index (χ1) is 9.10. The highest BCUT2D eigenvalue weighted by Crippen LogP contribution is 2.14. The first kappa shape index (κ1) is 13.1. The number of carbonyl (C=O) groups is 1. The molecule has 6 heteroatoms. The Labute approximate surface area is 109 Å². The molecule has 0 fully saturated rings. The number of rotatable bonds is 5. The summed E-state index contributed by atoms with van der Waals surface area (Å²) in [6.07, 6.45) is 1.61. The van der Waals surface area contributed by atoms with E-state index in [4.69, 9.17) is 9.84 Å². The van der Waals surface area contributed by atoms with E-state index >= 15 is 0 Å². The van der Waals surface area contributed by atoms with E-state index in [9.17, 15) is 9.18 Å². The normalized spacial score (nSPS) is 10.4. The molecule has 5 nitrogen and oxygen atoms in total. The van der Waals surface area contributed by atoms with Gasteiger partial charge >= 0.3 is 5.97 Å². The minimum Gasteiger partial charge on any atom is -0.487 e. The Bertz CT molecular complexity index is 595. The van der Waals surface area contributed by atoms with Crippen molar-refractivity contribution in [3.05, 3.63) is 47.8 Å². The summed E-state index contributed by atoms with van der Waals surface area (Å²) >= 11 is 0. The zero-order valence-electron chi connectivity index (χ0n) is 10.3. The second-order valence-corrected chi connectivity index (χ2v) is 3.89. The molecule has 0 radical (unpaired) electrons. The molecule has 19 heavy (non-hydrogen) atoms. The maximum Gasteiger partial charge on any atom is 0.372 e. The van der Waals surface area contributed by atoms with Crippen molar-refractivity contribution in [2.45, 2.75) is 20.1 Å². The van der Waals surface area contributed by atoms with Gasteiger partial charge in [0.1, 0.15) is 18.2 Å². The molecule has 1 N–H and O–H groups in total. The molecule has 0 amide bonds. The summed E-state index contributed by atoms with van der Waals surface area (Å²) in [5.41, 5.74) is 0.489. The van der Waals surface area contributed by atoms with Crippen molar-refractivity contribution in [2.75, 3.05) is 0 Å². The Kier molecular flexibility index (Phi) is 3.79. The van der Waals surface area contributed by atoms with Gasteiger partial charge in [0.25, 0.3) is 0 Å². The fourth-order valence-electron chi connectivity index (χ4n) is 1.67. The number of carboxylic acid groups (broad SMARTS) is 1. The van der Waals surface area contributed by atoms with Crippen LogP contribution in [0.25, 0.3) is 0 Å². The standard InChI is InChI=1S/C13H13FN2O3/c1-2-16-7-10(15-12(16)13(17)18)8-19-11-5-3-4-9(14)6-11/h3-7H,2,8H2,1H3,(H,17,18). The minimum absolute atomic E-state index is 0.0275. The second-order valence-electron chi connectivity index (χ2n) is 3.89. The molecule has 0 aliphatic carbocycles. The van der Waals surface area contributed by atoms with Gasteiger partial charge in [-0.15, -0.1) is 0 Å². The van der Waals surface area contributed by atoms with E-state index < -0.39 is 5.97 Å². The number of halogens is 1. The molecule has 0 bridgehead atoms. The fourth-order valence-corrected chi connectivity index (χ4v) is 1.67. The molecule has 1 heterocycles. The lowest BCUT2D eigenvalue weighted by atomic mass is 10.3. The van der Waals surface area contributed by atoms with Crippen LogP contribution in [0.1, 0.15) is 23.2 Å². The molecule has 0 unspecified atom stereocenters. The number of carboxylic acids is 1. The van der Waals surface area contributed by atoms with Crippen molar-refractivity contribution in [1.82, 2.24) is 9.55 Å². The van der Waals surface area contributed by atoms with E-state index in [2.05, 4.69) is 4.98 Å². The van der Waals surface area contributed by atoms with E-state index in [0.717, 1.165) is 0 Å². The molecular weight excluding hydrogens is 251 g/mol. The van der Waals surface area contributed by atoms with E-state index in [0.29, 0.717) is 18.0 Å². The monoisotopic (exact) mass is 264 g/mol. The highest BCUT2D eigenvalue weighted by molar-refractivity contribution is 5.83. The number of aromatic carboxylic acids is 1. The highest BCUT2D eigenvalue weighted by atomic mass is 19.1. The third-order valence-corrected chi connectivity index (χ3v) is 2.54. The van der Waals surface area contributed by atoms with Crippen LogP contribution in [0.15, 0.2) is 30.5 Å². The van der Waals surface area contributed by atoms with Crippen LogP contribution in [0, 0.1) is 5.82 Å². The van der Waals surface area contributed by atoms with Crippen molar-refractivity contribution in [3.8, 4) is 5.75 Å². The number of hydrogen-bond donors (Lipinski definition) is 1. The number of nitrogens with zero attached hydrogens (tertiary/aromatic N) is 2. The molecule has 0 saturated heterocycles. The van der Waals surface area contributed by atoms with Gasteiger partial charge in [-0.2, -0.15) is 0 Å². The summed E-state index contributed by atoms with van der Waals surface area (Å²) in [4.78, 5) is 14.9. The molecule has 1 aromatic carbocycles. The van der Waals surface area contributed by atoms with Crippen LogP contribution in [0.5, 0.6) is 5.75 Å². The number of hydrogen-bond acceptors (Lipinski definition) is 3. The topological polar surface area (TPSA) is 64.4 Å². The highest BCUT2D eigenvalue weighted by Gasteiger charge is 2.13. The third-order valence-electron chi connectivity index (χ3n) is 2.54. The quantitative estimate of drug-likeness (QED) is 0.900. The molecule has 2 rings (SSSR count). The summed E-state index contributed by atoms with van der Waals surface area (Å²) in [5, 5.41) is 8.96. The van der Waals surface area contributed by atoms with Crippen molar-refractivity contribution < 1.29 is 19.0 Å². The van der Waals surface area contributed by atoms with Crippen LogP contribution in [-0.2, 0) is 13.2 Å². The Morgan fingerprint density at radius 1 is 1.53 bits per heavy atom. The van der Waals surface area contributed by atoms with Crippen molar-refractivity contribution in [2.24, 2.45) is 0 Å². The Morgan fingerprint density at radius 2 is 2.32 bits per heavy atom. The van der Waals surface area contributed by atoms with Crippen molar-refractivity contribution >= 4 is 5.97 Å². The van der Waals surface area contributed by atoms with Gasteiger partial charge < -0.3 is 14.4 Å². The number of aromatic nitrogens is 2. The largest absolute Gasteiger partial charge is 0.487 e. The first-order valence-electron chi connectivity index (χ1n) is 5.78. The number of imidazole rings is 1. The predicted molar refractivity (Wildman–Crippen MR) is 65.6 cm³/mol. The van der Waals surface area contributed by atoms with Crippen LogP contribution in [-0.4, -0.2) is 20.6 Å². The average molecular weight is 264 g/mol. The van der Waals surface area contributed by atoms with E-state index in [1.165, 1.54) is 22.8 Å². The van der Waals surface area contributed by atoms with Gasteiger partial charge in [-0.1, -0.05) is 6.07 Å². The van der Waals surface area contributed by atoms with Gasteiger partial charge in [-0.05, 0) is 19.1 Å². The summed E-state index contributed by atoms with van der Waals surface area (Å²) in [7, 11) is 0. The van der Waals surface area contributed by atoms with Crippen LogP contribution >= 0.6 is 0 Å². The first-order valence-corrected chi connectivity index (χ1v) is 5.78. The molecule has 0 aliphatic heterocycles. The lowest BCUT2D eigenvalue weighted by Crippen LogP contribution is -2.07. The second kappa shape index (κ2) is 5.51. The maximum atomic E-state index is 12.9. The van der Waals surface area contributed by atoms with Gasteiger partial charge in [-0.3, -0.25) is 0 Å². The van der Waals surface area contributed by atoms with Gasteiger partial charge in [0.2, 0.25) is 5.82 Å². The van der Waals surface area contributed by atoms with Gasteiger partial charge in [0, 0.05) is 18.8 Å². The summed E-state index contributed by atoms with van der Waals surface area (Å²) in [6, 6.07) is 5.74. The molecule has 2 aromatic rings. The van der Waals surface area contributed by atoms with Gasteiger partial charge in [0.15, 0.2) is 0 Å². The zero-order chi connectivity index (χ0) is 13.8. The molecule has 0 spiro atoms. The Hall–Kier alpha value is -2.37. The Balaban J connectivity index is 2.09. The lowest BCUT2D eigenvalue weighted by molar-refractivity contribution is 0.0678. The van der Waals surface area contributed by atoms with Crippen LogP contribution in [0.3, 0.4) is 0 Å². The molecule has 0 atom stereocenters. The lowest BCUT2D eigenvalue weighted by Gasteiger charge is -2.03. The van der Waals surface area contributed by atoms with Crippen LogP contribution < -0.4 is 4.74 Å². The van der Waals surface area contributed by atoms with Crippen molar-refractivity contribution in [1.29, 1.82) is 0 Å². The molecule has 100 valence electrons. The fraction of sp³-hybridized carbons (Fsp3) is 0.231. The molecule has 0 aliphatic rings. The van der Waals surface area contributed by atoms with E-state index in [-0.39, 0.29) is 18.2 Å². The van der Waals surface area contributed by atoms with Gasteiger partial charge in [-0.25, -0.2) is 14.2 Å². The predicted octanol–water partition coefficient (Wildman–Crippen LogP) is 2.32. The summed E-state index contributed by atoms with van der Waals surface area (Å²) in [5.74, 6) is -1.12. The summed E-state index contributed by atoms with van der Waals surface area (Å²) < 4.78 is 19.8. The molecular formula is C13H13FN2O3. The van der Waals surface area contributed by atoms with Crippen LogP contribution in [0.2, 0.25) is 0 Å². The molecule has 1 aromatic heterocycles. The third kappa shape index (κ3) is 3.09. The number of aryl methyl sites for hydroxylation is 1. The average Bonchev–Trinajstić information content (AvgIpc) is 2.80. The summed E-state index contributed by atoms with van der Waals surface area (Å²) in [6.45, 7) is 2.43. The number of benzene rings is 1. The van der Waals surface area contributed by atoms with E-state index in [1.807, 2.05) is 6.92 Å². The minimum atomic E-state index is -1.08. The van der Waals surface area contributed by atoms with Crippen LogP contribution in [0.4, 0.5) is 4.39 Å². The van der Waals surface area contributed by atoms with E-state index in [1.54, 1.807) is 12.3 Å². The smallest absolute Gasteiger partial charge is 0.372 e. The Morgan fingerprint density at radius 3 is 2.89 bits per heavy atom. The molecule has 0 saturated carbocycles. The van der Waals surface area contributed by atoms with Crippen molar-refractivity contribution in [3.63, 3.8) is 0 Å². The maximum absolute atomic E-state index is 12.9. The zero-order valence-corrected chi connectivity index (χ0v) is 10.3. The van der Waals surface area contributed by atoms with Gasteiger partial charge in [0.05, 0.1) is 5.69 Å².